The first kappa shape index (κ1) is 12.9. The maximum atomic E-state index is 13.4. The van der Waals surface area contributed by atoms with Crippen LogP contribution in [0.4, 0.5) is 14.5 Å². The van der Waals surface area contributed by atoms with E-state index in [-0.39, 0.29) is 11.3 Å². The molecule has 1 aromatic heterocycles. The molecule has 98 valence electrons. The van der Waals surface area contributed by atoms with Gasteiger partial charge in [0.2, 0.25) is 5.88 Å². The van der Waals surface area contributed by atoms with E-state index in [4.69, 9.17) is 4.74 Å². The number of nitrogens with one attached hydrogen (secondary N) is 1. The average Bonchev–Trinajstić information content (AvgIpc) is 2.42. The van der Waals surface area contributed by atoms with E-state index in [9.17, 15) is 13.6 Å². The van der Waals surface area contributed by atoms with Crippen LogP contribution in [0, 0.1) is 11.6 Å². The zero-order valence-electron chi connectivity index (χ0n) is 9.98. The lowest BCUT2D eigenvalue weighted by molar-refractivity contribution is 0.102. The third-order valence-electron chi connectivity index (χ3n) is 2.39. The Bertz CT molecular complexity index is 600. The molecule has 0 saturated carbocycles. The van der Waals surface area contributed by atoms with Crippen LogP contribution in [0.1, 0.15) is 10.4 Å². The summed E-state index contributed by atoms with van der Waals surface area (Å²) in [5.41, 5.74) is 0.145. The Morgan fingerprint density at radius 1 is 1.26 bits per heavy atom. The van der Waals surface area contributed by atoms with Gasteiger partial charge in [0.15, 0.2) is 0 Å². The topological polar surface area (TPSA) is 51.2 Å². The molecule has 6 heteroatoms. The van der Waals surface area contributed by atoms with Crippen molar-refractivity contribution in [3.05, 3.63) is 53.7 Å². The summed E-state index contributed by atoms with van der Waals surface area (Å²) in [4.78, 5) is 15.7. The number of carbonyl (C=O) groups is 1. The predicted molar refractivity (Wildman–Crippen MR) is 65.1 cm³/mol. The second-order valence-electron chi connectivity index (χ2n) is 3.67. The molecule has 0 fully saturated rings. The second kappa shape index (κ2) is 5.43. The maximum Gasteiger partial charge on any atom is 0.257 e. The van der Waals surface area contributed by atoms with Gasteiger partial charge < -0.3 is 10.1 Å². The fraction of sp³-hybridized carbons (Fsp3) is 0.0769. The highest BCUT2D eigenvalue weighted by molar-refractivity contribution is 6.04. The first-order chi connectivity index (χ1) is 9.10. The van der Waals surface area contributed by atoms with Gasteiger partial charge in [-0.3, -0.25) is 4.79 Å². The molecule has 1 aromatic carbocycles. The number of amides is 1. The Morgan fingerprint density at radius 2 is 2.05 bits per heavy atom. The van der Waals surface area contributed by atoms with Crippen LogP contribution in [0.3, 0.4) is 0 Å². The quantitative estimate of drug-likeness (QED) is 0.927. The maximum absolute atomic E-state index is 13.4. The van der Waals surface area contributed by atoms with Crippen LogP contribution < -0.4 is 10.1 Å². The molecule has 1 heterocycles. The van der Waals surface area contributed by atoms with Gasteiger partial charge >= 0.3 is 0 Å². The largest absolute Gasteiger partial charge is 0.481 e. The van der Waals surface area contributed by atoms with E-state index < -0.39 is 17.5 Å². The first-order valence-electron chi connectivity index (χ1n) is 5.36. The van der Waals surface area contributed by atoms with E-state index in [2.05, 4.69) is 10.3 Å². The molecule has 0 atom stereocenters. The van der Waals surface area contributed by atoms with Crippen molar-refractivity contribution in [1.82, 2.24) is 4.98 Å². The van der Waals surface area contributed by atoms with Crippen LogP contribution in [0.25, 0.3) is 0 Å². The monoisotopic (exact) mass is 264 g/mol. The number of aromatic nitrogens is 1. The summed E-state index contributed by atoms with van der Waals surface area (Å²) in [6.45, 7) is 0. The van der Waals surface area contributed by atoms with Crippen LogP contribution in [-0.4, -0.2) is 18.0 Å². The molecule has 19 heavy (non-hydrogen) atoms. The van der Waals surface area contributed by atoms with Gasteiger partial charge in [0.1, 0.15) is 11.6 Å². The van der Waals surface area contributed by atoms with E-state index in [1.807, 2.05) is 0 Å². The van der Waals surface area contributed by atoms with Gasteiger partial charge in [-0.05, 0) is 18.2 Å². The molecule has 1 N–H and O–H groups in total. The van der Waals surface area contributed by atoms with Crippen LogP contribution in [0.2, 0.25) is 0 Å². The van der Waals surface area contributed by atoms with Gasteiger partial charge in [-0.15, -0.1) is 0 Å². The van der Waals surface area contributed by atoms with Crippen molar-refractivity contribution in [3.63, 3.8) is 0 Å². The molecule has 4 nitrogen and oxygen atoms in total. The Morgan fingerprint density at radius 3 is 2.63 bits per heavy atom. The van der Waals surface area contributed by atoms with Crippen molar-refractivity contribution in [2.45, 2.75) is 0 Å². The highest BCUT2D eigenvalue weighted by atomic mass is 19.1. The van der Waals surface area contributed by atoms with Crippen molar-refractivity contribution in [2.75, 3.05) is 12.4 Å². The number of pyridine rings is 1. The lowest BCUT2D eigenvalue weighted by Crippen LogP contribution is -2.13. The standard InChI is InChI=1S/C13H10F2N2O2/c1-19-12-5-2-8(7-16-12)13(18)17-11-4-3-9(14)6-10(11)15/h2-7H,1H3,(H,17,18). The summed E-state index contributed by atoms with van der Waals surface area (Å²) in [5.74, 6) is -1.72. The lowest BCUT2D eigenvalue weighted by atomic mass is 10.2. The van der Waals surface area contributed by atoms with Gasteiger partial charge in [-0.25, -0.2) is 13.8 Å². The molecular weight excluding hydrogens is 254 g/mol. The molecule has 0 spiro atoms. The Balaban J connectivity index is 2.15. The van der Waals surface area contributed by atoms with Crippen LogP contribution in [0.5, 0.6) is 5.88 Å². The highest BCUT2D eigenvalue weighted by Gasteiger charge is 2.10. The van der Waals surface area contributed by atoms with Gasteiger partial charge in [0.25, 0.3) is 5.91 Å². The summed E-state index contributed by atoms with van der Waals surface area (Å²) in [6.07, 6.45) is 1.30. The van der Waals surface area contributed by atoms with Crippen molar-refractivity contribution in [3.8, 4) is 5.88 Å². The molecule has 1 amide bonds. The minimum Gasteiger partial charge on any atom is -0.481 e. The number of benzene rings is 1. The fourth-order valence-electron chi connectivity index (χ4n) is 1.42. The van der Waals surface area contributed by atoms with Crippen molar-refractivity contribution in [2.24, 2.45) is 0 Å². The number of rotatable bonds is 3. The van der Waals surface area contributed by atoms with Crippen molar-refractivity contribution >= 4 is 11.6 Å². The molecule has 0 radical (unpaired) electrons. The first-order valence-corrected chi connectivity index (χ1v) is 5.36. The number of hydrogen-bond acceptors (Lipinski definition) is 3. The van der Waals surface area contributed by atoms with E-state index >= 15 is 0 Å². The molecular formula is C13H10F2N2O2. The number of nitrogens with zero attached hydrogens (tertiary/aromatic N) is 1. The summed E-state index contributed by atoms with van der Waals surface area (Å²) >= 11 is 0. The van der Waals surface area contributed by atoms with E-state index in [0.717, 1.165) is 12.1 Å². The van der Waals surface area contributed by atoms with Crippen molar-refractivity contribution in [1.29, 1.82) is 0 Å². The summed E-state index contributed by atoms with van der Waals surface area (Å²) in [7, 11) is 1.45. The fourth-order valence-corrected chi connectivity index (χ4v) is 1.42. The highest BCUT2D eigenvalue weighted by Crippen LogP contribution is 2.16. The zero-order valence-corrected chi connectivity index (χ0v) is 9.98. The number of ether oxygens (including phenoxy) is 1. The van der Waals surface area contributed by atoms with E-state index in [1.165, 1.54) is 25.4 Å². The number of carbonyl (C=O) groups excluding carboxylic acids is 1. The van der Waals surface area contributed by atoms with Crippen LogP contribution >= 0.6 is 0 Å². The number of methoxy groups -OCH3 is 1. The molecule has 0 aliphatic carbocycles. The summed E-state index contributed by atoms with van der Waals surface area (Å²) in [5, 5.41) is 2.33. The summed E-state index contributed by atoms with van der Waals surface area (Å²) < 4.78 is 30.9. The minimum absolute atomic E-state index is 0.0952. The molecule has 0 aliphatic rings. The van der Waals surface area contributed by atoms with Gasteiger partial charge in [-0.1, -0.05) is 0 Å². The molecule has 0 saturated heterocycles. The molecule has 2 aromatic rings. The Labute approximate surface area is 108 Å². The van der Waals surface area contributed by atoms with E-state index in [0.29, 0.717) is 11.9 Å². The predicted octanol–water partition coefficient (Wildman–Crippen LogP) is 2.62. The van der Waals surface area contributed by atoms with Crippen LogP contribution in [-0.2, 0) is 0 Å². The minimum atomic E-state index is -0.838. The Hall–Kier alpha value is -2.50. The van der Waals surface area contributed by atoms with Gasteiger partial charge in [-0.2, -0.15) is 0 Å². The molecule has 0 unspecified atom stereocenters. The smallest absolute Gasteiger partial charge is 0.257 e. The van der Waals surface area contributed by atoms with E-state index in [1.54, 1.807) is 0 Å². The number of halogens is 2. The second-order valence-corrected chi connectivity index (χ2v) is 3.67. The average molecular weight is 264 g/mol. The zero-order chi connectivity index (χ0) is 13.8. The third kappa shape index (κ3) is 3.04. The normalized spacial score (nSPS) is 10.1. The lowest BCUT2D eigenvalue weighted by Gasteiger charge is -2.06. The van der Waals surface area contributed by atoms with Crippen molar-refractivity contribution < 1.29 is 18.3 Å². The molecule has 0 bridgehead atoms. The van der Waals surface area contributed by atoms with Gasteiger partial charge in [0.05, 0.1) is 18.4 Å². The Kier molecular flexibility index (Phi) is 3.70. The SMILES string of the molecule is COc1ccc(C(=O)Nc2ccc(F)cc2F)cn1. The summed E-state index contributed by atoms with van der Waals surface area (Å²) in [6, 6.07) is 5.91. The number of hydrogen-bond donors (Lipinski definition) is 1. The number of anilines is 1. The molecule has 0 aliphatic heterocycles. The molecule has 2 rings (SSSR count). The van der Waals surface area contributed by atoms with Crippen LogP contribution in [0.15, 0.2) is 36.5 Å². The third-order valence-corrected chi connectivity index (χ3v) is 2.39. The van der Waals surface area contributed by atoms with Gasteiger partial charge in [0, 0.05) is 18.3 Å².